The van der Waals surface area contributed by atoms with Gasteiger partial charge in [-0.1, -0.05) is 26.7 Å². The van der Waals surface area contributed by atoms with Crippen molar-refractivity contribution in [1.29, 1.82) is 0 Å². The fourth-order valence-corrected chi connectivity index (χ4v) is 1.92. The molecule has 2 heteroatoms. The molecule has 0 aromatic carbocycles. The Bertz CT molecular complexity index is 132. The summed E-state index contributed by atoms with van der Waals surface area (Å²) in [5.74, 6) is 0.332. The van der Waals surface area contributed by atoms with Gasteiger partial charge < -0.3 is 5.11 Å². The maximum absolute atomic E-state index is 10.5. The minimum absolute atomic E-state index is 0.0185. The van der Waals surface area contributed by atoms with Gasteiger partial charge >= 0.3 is 5.97 Å². The van der Waals surface area contributed by atoms with Crippen molar-refractivity contribution in [1.82, 2.24) is 0 Å². The van der Waals surface area contributed by atoms with Crippen LogP contribution in [-0.2, 0) is 4.79 Å². The molecule has 1 aliphatic rings. The number of carboxylic acid groups (broad SMARTS) is 1. The first-order chi connectivity index (χ1) is 4.72. The molecule has 0 radical (unpaired) electrons. The molecule has 1 rings (SSSR count). The van der Waals surface area contributed by atoms with Crippen LogP contribution < -0.4 is 0 Å². The van der Waals surface area contributed by atoms with Crippen molar-refractivity contribution in [3.8, 4) is 0 Å². The Morgan fingerprint density at radius 1 is 1.30 bits per heavy atom. The first kappa shape index (κ1) is 7.58. The third-order valence-electron chi connectivity index (χ3n) is 2.56. The molecule has 1 saturated carbocycles. The van der Waals surface area contributed by atoms with E-state index < -0.39 is 5.97 Å². The van der Waals surface area contributed by atoms with Crippen molar-refractivity contribution in [2.75, 3.05) is 0 Å². The van der Waals surface area contributed by atoms with Gasteiger partial charge in [-0.2, -0.15) is 0 Å². The van der Waals surface area contributed by atoms with Gasteiger partial charge in [0, 0.05) is 0 Å². The Kier molecular flexibility index (Phi) is 1.97. The number of carbonyl (C=O) groups is 1. The number of aliphatic carboxylic acids is 1. The number of hydrogen-bond donors (Lipinski definition) is 1. The quantitative estimate of drug-likeness (QED) is 0.651. The van der Waals surface area contributed by atoms with Gasteiger partial charge in [-0.25, -0.2) is 0 Å². The van der Waals surface area contributed by atoms with Crippen LogP contribution in [0.4, 0.5) is 0 Å². The highest BCUT2D eigenvalue weighted by Gasteiger charge is 2.52. The van der Waals surface area contributed by atoms with Crippen molar-refractivity contribution < 1.29 is 9.90 Å². The fraction of sp³-hybridized carbons (Fsp3) is 0.875. The molecule has 1 unspecified atom stereocenters. The first-order valence-electron chi connectivity index (χ1n) is 3.95. The second-order valence-corrected chi connectivity index (χ2v) is 3.01. The largest absolute Gasteiger partial charge is 0.481 e. The summed E-state index contributed by atoms with van der Waals surface area (Å²) in [5.41, 5.74) is 0. The second kappa shape index (κ2) is 2.60. The van der Waals surface area contributed by atoms with E-state index >= 15 is 0 Å². The lowest BCUT2D eigenvalue weighted by molar-refractivity contribution is -0.139. The van der Waals surface area contributed by atoms with Crippen molar-refractivity contribution in [3.05, 3.63) is 0 Å². The van der Waals surface area contributed by atoms with Crippen LogP contribution in [0.15, 0.2) is 0 Å². The van der Waals surface area contributed by atoms with E-state index in [1.54, 1.807) is 0 Å². The Morgan fingerprint density at radius 3 is 1.80 bits per heavy atom. The van der Waals surface area contributed by atoms with Gasteiger partial charge in [0.25, 0.3) is 0 Å². The van der Waals surface area contributed by atoms with Crippen LogP contribution in [0.25, 0.3) is 0 Å². The molecule has 0 aliphatic heterocycles. The van der Waals surface area contributed by atoms with Crippen LogP contribution >= 0.6 is 0 Å². The van der Waals surface area contributed by atoms with Crippen molar-refractivity contribution in [2.45, 2.75) is 26.7 Å². The van der Waals surface area contributed by atoms with E-state index in [2.05, 4.69) is 13.8 Å². The average molecular weight is 142 g/mol. The van der Waals surface area contributed by atoms with Crippen LogP contribution in [0.2, 0.25) is 0 Å². The van der Waals surface area contributed by atoms with E-state index in [0.29, 0.717) is 11.8 Å². The third kappa shape index (κ3) is 1.02. The summed E-state index contributed by atoms with van der Waals surface area (Å²) in [5, 5.41) is 8.66. The maximum atomic E-state index is 10.5. The molecule has 0 bridgehead atoms. The SMILES string of the molecule is CC[C@@H]1C(C(=O)O)[C@@H]1CC. The lowest BCUT2D eigenvalue weighted by Crippen LogP contribution is -2.00. The molecule has 1 N–H and O–H groups in total. The average Bonchev–Trinajstić information content (AvgIpc) is 2.60. The summed E-state index contributed by atoms with van der Waals surface area (Å²) < 4.78 is 0. The summed E-state index contributed by atoms with van der Waals surface area (Å²) in [7, 11) is 0. The molecule has 0 aromatic heterocycles. The number of hydrogen-bond acceptors (Lipinski definition) is 1. The van der Waals surface area contributed by atoms with Crippen molar-refractivity contribution in [3.63, 3.8) is 0 Å². The van der Waals surface area contributed by atoms with E-state index in [9.17, 15) is 4.79 Å². The van der Waals surface area contributed by atoms with E-state index in [1.165, 1.54) is 0 Å². The molecule has 58 valence electrons. The van der Waals surface area contributed by atoms with Crippen molar-refractivity contribution in [2.24, 2.45) is 17.8 Å². The zero-order valence-corrected chi connectivity index (χ0v) is 6.50. The van der Waals surface area contributed by atoms with Crippen LogP contribution in [-0.4, -0.2) is 11.1 Å². The number of rotatable bonds is 3. The van der Waals surface area contributed by atoms with Gasteiger partial charge in [0.2, 0.25) is 0 Å². The molecule has 3 atom stereocenters. The minimum atomic E-state index is -0.598. The topological polar surface area (TPSA) is 37.3 Å². The summed E-state index contributed by atoms with van der Waals surface area (Å²) in [6.45, 7) is 4.13. The summed E-state index contributed by atoms with van der Waals surface area (Å²) in [4.78, 5) is 10.5. The zero-order chi connectivity index (χ0) is 7.72. The van der Waals surface area contributed by atoms with Gasteiger partial charge in [0.1, 0.15) is 0 Å². The Balaban J connectivity index is 2.44. The molecule has 0 saturated heterocycles. The van der Waals surface area contributed by atoms with Crippen LogP contribution in [0.3, 0.4) is 0 Å². The third-order valence-corrected chi connectivity index (χ3v) is 2.56. The lowest BCUT2D eigenvalue weighted by atomic mass is 10.2. The Labute approximate surface area is 61.2 Å². The van der Waals surface area contributed by atoms with E-state index in [1.807, 2.05) is 0 Å². The smallest absolute Gasteiger partial charge is 0.307 e. The van der Waals surface area contributed by atoms with Crippen LogP contribution in [0, 0.1) is 17.8 Å². The second-order valence-electron chi connectivity index (χ2n) is 3.01. The van der Waals surface area contributed by atoms with E-state index in [4.69, 9.17) is 5.11 Å². The monoisotopic (exact) mass is 142 g/mol. The van der Waals surface area contributed by atoms with Crippen molar-refractivity contribution >= 4 is 5.97 Å². The predicted molar refractivity (Wildman–Crippen MR) is 38.7 cm³/mol. The highest BCUT2D eigenvalue weighted by atomic mass is 16.4. The number of carboxylic acids is 1. The molecular formula is C8H14O2. The standard InChI is InChI=1S/C8H14O2/c1-3-5-6(4-2)7(5)8(9)10/h5-7H,3-4H2,1-2H3,(H,9,10)/t5-,6+,7?. The molecule has 1 fully saturated rings. The van der Waals surface area contributed by atoms with Gasteiger partial charge in [0.15, 0.2) is 0 Å². The molecule has 10 heavy (non-hydrogen) atoms. The summed E-state index contributed by atoms with van der Waals surface area (Å²) in [6.07, 6.45) is 2.05. The fourth-order valence-electron chi connectivity index (χ4n) is 1.92. The summed E-state index contributed by atoms with van der Waals surface area (Å²) >= 11 is 0. The molecule has 2 nitrogen and oxygen atoms in total. The molecule has 0 spiro atoms. The molecular weight excluding hydrogens is 128 g/mol. The molecule has 0 heterocycles. The normalized spacial score (nSPS) is 37.6. The molecule has 0 amide bonds. The van der Waals surface area contributed by atoms with Gasteiger partial charge in [-0.05, 0) is 11.8 Å². The lowest BCUT2D eigenvalue weighted by Gasteiger charge is -1.84. The molecule has 0 aromatic rings. The van der Waals surface area contributed by atoms with E-state index in [0.717, 1.165) is 12.8 Å². The Morgan fingerprint density at radius 2 is 1.70 bits per heavy atom. The first-order valence-corrected chi connectivity index (χ1v) is 3.95. The molecule has 1 aliphatic carbocycles. The van der Waals surface area contributed by atoms with Crippen LogP contribution in [0.5, 0.6) is 0 Å². The highest BCUT2D eigenvalue weighted by Crippen LogP contribution is 2.50. The summed E-state index contributed by atoms with van der Waals surface area (Å²) in [6, 6.07) is 0. The van der Waals surface area contributed by atoms with Gasteiger partial charge in [0.05, 0.1) is 5.92 Å². The van der Waals surface area contributed by atoms with Crippen LogP contribution in [0.1, 0.15) is 26.7 Å². The van der Waals surface area contributed by atoms with Gasteiger partial charge in [-0.15, -0.1) is 0 Å². The Hall–Kier alpha value is -0.530. The minimum Gasteiger partial charge on any atom is -0.481 e. The zero-order valence-electron chi connectivity index (χ0n) is 6.50. The highest BCUT2D eigenvalue weighted by molar-refractivity contribution is 5.74. The van der Waals surface area contributed by atoms with Gasteiger partial charge in [-0.3, -0.25) is 4.79 Å². The van der Waals surface area contributed by atoms with E-state index in [-0.39, 0.29) is 5.92 Å². The predicted octanol–water partition coefficient (Wildman–Crippen LogP) is 1.75. The maximum Gasteiger partial charge on any atom is 0.307 e.